The summed E-state index contributed by atoms with van der Waals surface area (Å²) in [7, 11) is 1.61. The van der Waals surface area contributed by atoms with E-state index in [1.165, 1.54) is 36.8 Å². The van der Waals surface area contributed by atoms with Crippen LogP contribution in [0.15, 0.2) is 15.5 Å². The van der Waals surface area contributed by atoms with E-state index in [9.17, 15) is 4.79 Å². The summed E-state index contributed by atoms with van der Waals surface area (Å²) in [5.74, 6) is 0. The number of ether oxygens (including phenoxy) is 1. The lowest BCUT2D eigenvalue weighted by atomic mass is 9.83. The zero-order valence-electron chi connectivity index (χ0n) is 12.8. The van der Waals surface area contributed by atoms with Crippen molar-refractivity contribution in [3.05, 3.63) is 21.0 Å². The molecule has 1 N–H and O–H groups in total. The minimum absolute atomic E-state index is 0.117. The molecular formula is C15H24BrN3O2. The third kappa shape index (κ3) is 3.86. The molecule has 0 aromatic carbocycles. The number of anilines is 1. The average Bonchev–Trinajstić information content (AvgIpc) is 2.97. The van der Waals surface area contributed by atoms with Gasteiger partial charge in [0.25, 0.3) is 5.56 Å². The Labute approximate surface area is 134 Å². The highest BCUT2D eigenvalue weighted by Gasteiger charge is 2.31. The Morgan fingerprint density at radius 1 is 1.48 bits per heavy atom. The first-order valence-corrected chi connectivity index (χ1v) is 8.39. The monoisotopic (exact) mass is 357 g/mol. The van der Waals surface area contributed by atoms with E-state index in [4.69, 9.17) is 4.74 Å². The van der Waals surface area contributed by atoms with Gasteiger partial charge in [-0.25, -0.2) is 4.68 Å². The summed E-state index contributed by atoms with van der Waals surface area (Å²) in [6.45, 7) is 4.10. The van der Waals surface area contributed by atoms with Crippen molar-refractivity contribution >= 4 is 21.6 Å². The van der Waals surface area contributed by atoms with Crippen LogP contribution < -0.4 is 10.9 Å². The van der Waals surface area contributed by atoms with Gasteiger partial charge >= 0.3 is 0 Å². The normalized spacial score (nSPS) is 17.1. The van der Waals surface area contributed by atoms with Crippen LogP contribution in [0.2, 0.25) is 0 Å². The Morgan fingerprint density at radius 3 is 2.81 bits per heavy atom. The highest BCUT2D eigenvalue weighted by atomic mass is 79.9. The maximum atomic E-state index is 12.2. The third-order valence-corrected chi connectivity index (χ3v) is 5.33. The lowest BCUT2D eigenvalue weighted by Gasteiger charge is -2.28. The first-order valence-electron chi connectivity index (χ1n) is 7.60. The third-order valence-electron chi connectivity index (χ3n) is 4.56. The fourth-order valence-corrected chi connectivity index (χ4v) is 3.44. The van der Waals surface area contributed by atoms with Gasteiger partial charge in [0.2, 0.25) is 0 Å². The second kappa shape index (κ2) is 7.40. The number of nitrogens with one attached hydrogen (secondary N) is 1. The molecule has 1 saturated carbocycles. The summed E-state index contributed by atoms with van der Waals surface area (Å²) in [6.07, 6.45) is 8.06. The van der Waals surface area contributed by atoms with E-state index in [2.05, 4.69) is 33.3 Å². The van der Waals surface area contributed by atoms with Gasteiger partial charge in [0.1, 0.15) is 4.47 Å². The molecule has 0 aliphatic heterocycles. The molecule has 0 bridgehead atoms. The highest BCUT2D eigenvalue weighted by Crippen LogP contribution is 2.41. The van der Waals surface area contributed by atoms with Crippen LogP contribution >= 0.6 is 15.9 Å². The van der Waals surface area contributed by atoms with E-state index in [1.807, 2.05) is 0 Å². The van der Waals surface area contributed by atoms with Crippen molar-refractivity contribution in [3.8, 4) is 0 Å². The van der Waals surface area contributed by atoms with E-state index in [0.29, 0.717) is 23.0 Å². The van der Waals surface area contributed by atoms with E-state index in [-0.39, 0.29) is 5.56 Å². The first kappa shape index (κ1) is 16.5. The topological polar surface area (TPSA) is 56.1 Å². The standard InChI is InChI=1S/C15H24BrN3O2/c1-3-15(6-4-5-7-15)11-17-12-10-18-19(8-9-21-2)14(20)13(12)16/h10,17H,3-9,11H2,1-2H3. The summed E-state index contributed by atoms with van der Waals surface area (Å²) < 4.78 is 6.96. The van der Waals surface area contributed by atoms with Crippen molar-refractivity contribution in [2.75, 3.05) is 25.6 Å². The summed E-state index contributed by atoms with van der Waals surface area (Å²) >= 11 is 3.40. The Kier molecular flexibility index (Phi) is 5.81. The van der Waals surface area contributed by atoms with Gasteiger partial charge < -0.3 is 10.1 Å². The number of nitrogens with zero attached hydrogens (tertiary/aromatic N) is 2. The quantitative estimate of drug-likeness (QED) is 0.814. The van der Waals surface area contributed by atoms with Crippen LogP contribution in [0.25, 0.3) is 0 Å². The molecule has 5 nitrogen and oxygen atoms in total. The summed E-state index contributed by atoms with van der Waals surface area (Å²) in [4.78, 5) is 12.2. The van der Waals surface area contributed by atoms with Crippen molar-refractivity contribution in [1.29, 1.82) is 0 Å². The number of aromatic nitrogens is 2. The van der Waals surface area contributed by atoms with E-state index in [0.717, 1.165) is 12.2 Å². The molecular weight excluding hydrogens is 334 g/mol. The van der Waals surface area contributed by atoms with Crippen molar-refractivity contribution < 1.29 is 4.74 Å². The summed E-state index contributed by atoms with van der Waals surface area (Å²) in [5.41, 5.74) is 1.05. The van der Waals surface area contributed by atoms with Crippen LogP contribution in [0.1, 0.15) is 39.0 Å². The second-order valence-electron chi connectivity index (χ2n) is 5.81. The predicted octanol–water partition coefficient (Wildman–Crippen LogP) is 3.03. The molecule has 1 fully saturated rings. The highest BCUT2D eigenvalue weighted by molar-refractivity contribution is 9.10. The van der Waals surface area contributed by atoms with Crippen LogP contribution in [0.3, 0.4) is 0 Å². The Hall–Kier alpha value is -0.880. The zero-order chi connectivity index (χ0) is 15.3. The molecule has 1 aliphatic rings. The van der Waals surface area contributed by atoms with E-state index < -0.39 is 0 Å². The minimum atomic E-state index is -0.117. The van der Waals surface area contributed by atoms with Crippen molar-refractivity contribution in [2.24, 2.45) is 5.41 Å². The smallest absolute Gasteiger partial charge is 0.283 e. The molecule has 0 unspecified atom stereocenters. The van der Waals surface area contributed by atoms with Gasteiger partial charge in [-0.05, 0) is 40.6 Å². The van der Waals surface area contributed by atoms with Gasteiger partial charge in [-0.1, -0.05) is 19.8 Å². The molecule has 1 aromatic rings. The number of methoxy groups -OCH3 is 1. The molecule has 0 spiro atoms. The molecule has 1 aromatic heterocycles. The molecule has 1 heterocycles. The van der Waals surface area contributed by atoms with Gasteiger partial charge in [-0.3, -0.25) is 4.79 Å². The molecule has 118 valence electrons. The van der Waals surface area contributed by atoms with Crippen LogP contribution in [0, 0.1) is 5.41 Å². The zero-order valence-corrected chi connectivity index (χ0v) is 14.4. The Balaban J connectivity index is 2.07. The number of hydrogen-bond donors (Lipinski definition) is 1. The molecule has 6 heteroatoms. The molecule has 0 atom stereocenters. The molecule has 2 rings (SSSR count). The van der Waals surface area contributed by atoms with E-state index in [1.54, 1.807) is 13.3 Å². The van der Waals surface area contributed by atoms with E-state index >= 15 is 0 Å². The van der Waals surface area contributed by atoms with Crippen molar-refractivity contribution in [2.45, 2.75) is 45.6 Å². The lowest BCUT2D eigenvalue weighted by Crippen LogP contribution is -2.29. The molecule has 0 amide bonds. The van der Waals surface area contributed by atoms with Gasteiger partial charge in [-0.15, -0.1) is 0 Å². The van der Waals surface area contributed by atoms with Gasteiger partial charge in [-0.2, -0.15) is 5.10 Å². The predicted molar refractivity (Wildman–Crippen MR) is 87.8 cm³/mol. The SMILES string of the molecule is CCC1(CNc2cnn(CCOC)c(=O)c2Br)CCCC1. The van der Waals surface area contributed by atoms with Gasteiger partial charge in [0, 0.05) is 13.7 Å². The minimum Gasteiger partial charge on any atom is -0.383 e. The van der Waals surface area contributed by atoms with Crippen LogP contribution in [-0.2, 0) is 11.3 Å². The largest absolute Gasteiger partial charge is 0.383 e. The molecule has 0 radical (unpaired) electrons. The summed E-state index contributed by atoms with van der Waals surface area (Å²) in [5, 5.41) is 7.62. The molecule has 1 aliphatic carbocycles. The van der Waals surface area contributed by atoms with Gasteiger partial charge in [0.05, 0.1) is 25.0 Å². The van der Waals surface area contributed by atoms with Crippen molar-refractivity contribution in [1.82, 2.24) is 9.78 Å². The Morgan fingerprint density at radius 2 is 2.19 bits per heavy atom. The fraction of sp³-hybridized carbons (Fsp3) is 0.733. The summed E-state index contributed by atoms with van der Waals surface area (Å²) in [6, 6.07) is 0. The van der Waals surface area contributed by atoms with Crippen LogP contribution in [0.5, 0.6) is 0 Å². The maximum absolute atomic E-state index is 12.2. The number of rotatable bonds is 7. The fourth-order valence-electron chi connectivity index (χ4n) is 2.99. The average molecular weight is 358 g/mol. The first-order chi connectivity index (χ1) is 10.1. The van der Waals surface area contributed by atoms with Gasteiger partial charge in [0.15, 0.2) is 0 Å². The van der Waals surface area contributed by atoms with Crippen molar-refractivity contribution in [3.63, 3.8) is 0 Å². The Bertz CT molecular complexity index is 524. The molecule has 0 saturated heterocycles. The lowest BCUT2D eigenvalue weighted by molar-refractivity contribution is 0.181. The molecule has 21 heavy (non-hydrogen) atoms. The van der Waals surface area contributed by atoms with Crippen LogP contribution in [0.4, 0.5) is 5.69 Å². The second-order valence-corrected chi connectivity index (χ2v) is 6.60. The maximum Gasteiger partial charge on any atom is 0.283 e. The van der Waals surface area contributed by atoms with Crippen LogP contribution in [-0.4, -0.2) is 30.0 Å². The number of halogens is 1. The number of hydrogen-bond acceptors (Lipinski definition) is 4.